The molecule has 1 N–H and O–H groups in total. The predicted octanol–water partition coefficient (Wildman–Crippen LogP) is 2.61. The minimum Gasteiger partial charge on any atom is -0.481 e. The summed E-state index contributed by atoms with van der Waals surface area (Å²) in [6.07, 6.45) is -0.0120. The van der Waals surface area contributed by atoms with Crippen molar-refractivity contribution >= 4 is 22.4 Å². The van der Waals surface area contributed by atoms with Gasteiger partial charge in [-0.2, -0.15) is 5.26 Å². The number of rotatable bonds is 6. The molecule has 0 unspecified atom stereocenters. The van der Waals surface area contributed by atoms with E-state index in [1.165, 1.54) is 11.3 Å². The standard InChI is InChI=1S/C14H13N3O2S/c15-7-9-17(8-6-13(18)19)14-16-12(10-20-14)11-4-2-1-3-5-11/h1-5,10H,6,8-9H2,(H,18,19). The van der Waals surface area contributed by atoms with Gasteiger partial charge >= 0.3 is 5.97 Å². The highest BCUT2D eigenvalue weighted by Gasteiger charge is 2.13. The molecule has 0 atom stereocenters. The molecule has 6 heteroatoms. The first-order valence-electron chi connectivity index (χ1n) is 6.05. The van der Waals surface area contributed by atoms with Crippen LogP contribution in [0.1, 0.15) is 6.42 Å². The van der Waals surface area contributed by atoms with Gasteiger partial charge in [0, 0.05) is 17.5 Å². The zero-order valence-electron chi connectivity index (χ0n) is 10.7. The second-order valence-electron chi connectivity index (χ2n) is 4.10. The van der Waals surface area contributed by atoms with Crippen molar-refractivity contribution in [1.82, 2.24) is 4.98 Å². The van der Waals surface area contributed by atoms with Gasteiger partial charge in [0.25, 0.3) is 0 Å². The fourth-order valence-electron chi connectivity index (χ4n) is 1.71. The summed E-state index contributed by atoms with van der Waals surface area (Å²) >= 11 is 1.41. The van der Waals surface area contributed by atoms with E-state index in [1.807, 2.05) is 41.8 Å². The van der Waals surface area contributed by atoms with Gasteiger partial charge in [0.15, 0.2) is 5.13 Å². The summed E-state index contributed by atoms with van der Waals surface area (Å²) in [6, 6.07) is 11.8. The lowest BCUT2D eigenvalue weighted by Gasteiger charge is -2.16. The Morgan fingerprint density at radius 1 is 1.40 bits per heavy atom. The average Bonchev–Trinajstić information content (AvgIpc) is 2.94. The quantitative estimate of drug-likeness (QED) is 0.826. The van der Waals surface area contributed by atoms with E-state index >= 15 is 0 Å². The van der Waals surface area contributed by atoms with Crippen LogP contribution in [0.3, 0.4) is 0 Å². The number of carboxylic acids is 1. The lowest BCUT2D eigenvalue weighted by atomic mass is 10.2. The van der Waals surface area contributed by atoms with Gasteiger partial charge in [0.2, 0.25) is 0 Å². The third-order valence-corrected chi connectivity index (χ3v) is 3.59. The van der Waals surface area contributed by atoms with E-state index in [1.54, 1.807) is 4.90 Å². The van der Waals surface area contributed by atoms with Crippen LogP contribution in [0.25, 0.3) is 11.3 Å². The molecule has 0 aliphatic rings. The van der Waals surface area contributed by atoms with Gasteiger partial charge in [-0.1, -0.05) is 30.3 Å². The molecule has 2 rings (SSSR count). The number of aromatic nitrogens is 1. The first-order valence-corrected chi connectivity index (χ1v) is 6.93. The van der Waals surface area contributed by atoms with Crippen molar-refractivity contribution in [1.29, 1.82) is 5.26 Å². The van der Waals surface area contributed by atoms with Crippen molar-refractivity contribution in [2.24, 2.45) is 0 Å². The molecule has 0 aliphatic carbocycles. The fraction of sp³-hybridized carbons (Fsp3) is 0.214. The lowest BCUT2D eigenvalue weighted by molar-refractivity contribution is -0.136. The van der Waals surface area contributed by atoms with E-state index in [0.717, 1.165) is 11.3 Å². The molecule has 2 aromatic rings. The Morgan fingerprint density at radius 2 is 2.15 bits per heavy atom. The zero-order valence-corrected chi connectivity index (χ0v) is 11.5. The van der Waals surface area contributed by atoms with E-state index < -0.39 is 5.97 Å². The minimum absolute atomic E-state index is 0.0120. The first-order chi connectivity index (χ1) is 9.70. The van der Waals surface area contributed by atoms with Crippen molar-refractivity contribution < 1.29 is 9.90 Å². The lowest BCUT2D eigenvalue weighted by Crippen LogP contribution is -2.26. The monoisotopic (exact) mass is 287 g/mol. The second-order valence-corrected chi connectivity index (χ2v) is 4.94. The van der Waals surface area contributed by atoms with Crippen LogP contribution in [-0.2, 0) is 4.79 Å². The Hall–Kier alpha value is -2.39. The number of aliphatic carboxylic acids is 1. The third-order valence-electron chi connectivity index (χ3n) is 2.69. The van der Waals surface area contributed by atoms with Gasteiger partial charge in [-0.15, -0.1) is 11.3 Å². The van der Waals surface area contributed by atoms with Crippen LogP contribution >= 0.6 is 11.3 Å². The van der Waals surface area contributed by atoms with E-state index in [0.29, 0.717) is 5.13 Å². The number of nitrogens with zero attached hydrogens (tertiary/aromatic N) is 3. The van der Waals surface area contributed by atoms with Crippen LogP contribution in [0.4, 0.5) is 5.13 Å². The first kappa shape index (κ1) is 14.0. The smallest absolute Gasteiger partial charge is 0.305 e. The molecule has 1 aromatic heterocycles. The number of carboxylic acid groups (broad SMARTS) is 1. The van der Waals surface area contributed by atoms with Crippen LogP contribution in [-0.4, -0.2) is 29.1 Å². The molecule has 0 fully saturated rings. The molecule has 0 aliphatic heterocycles. The molecule has 0 bridgehead atoms. The van der Waals surface area contributed by atoms with Crippen molar-refractivity contribution in [3.05, 3.63) is 35.7 Å². The molecule has 0 radical (unpaired) electrons. The van der Waals surface area contributed by atoms with Gasteiger partial charge in [-0.3, -0.25) is 4.79 Å². The molecule has 5 nitrogen and oxygen atoms in total. The molecular formula is C14H13N3O2S. The highest BCUT2D eigenvalue weighted by Crippen LogP contribution is 2.27. The van der Waals surface area contributed by atoms with Crippen LogP contribution in [0.2, 0.25) is 0 Å². The molecule has 102 valence electrons. The van der Waals surface area contributed by atoms with Crippen molar-refractivity contribution in [2.75, 3.05) is 18.0 Å². The van der Waals surface area contributed by atoms with Crippen LogP contribution < -0.4 is 4.90 Å². The molecule has 0 saturated carbocycles. The van der Waals surface area contributed by atoms with E-state index in [9.17, 15) is 4.79 Å². The Balaban J connectivity index is 2.16. The maximum atomic E-state index is 10.6. The predicted molar refractivity (Wildman–Crippen MR) is 77.6 cm³/mol. The van der Waals surface area contributed by atoms with Gasteiger partial charge in [0.1, 0.15) is 6.54 Å². The second kappa shape index (κ2) is 6.68. The maximum Gasteiger partial charge on any atom is 0.305 e. The third kappa shape index (κ3) is 3.56. The fourth-order valence-corrected chi connectivity index (χ4v) is 2.57. The summed E-state index contributed by atoms with van der Waals surface area (Å²) in [6.45, 7) is 0.416. The summed E-state index contributed by atoms with van der Waals surface area (Å²) in [5.74, 6) is -0.882. The molecule has 20 heavy (non-hydrogen) atoms. The van der Waals surface area contributed by atoms with Crippen molar-refractivity contribution in [2.45, 2.75) is 6.42 Å². The van der Waals surface area contributed by atoms with Gasteiger partial charge in [-0.25, -0.2) is 4.98 Å². The Morgan fingerprint density at radius 3 is 2.80 bits per heavy atom. The molecule has 1 heterocycles. The Kier molecular flexibility index (Phi) is 4.69. The summed E-state index contributed by atoms with van der Waals surface area (Å²) in [5, 5.41) is 20.1. The van der Waals surface area contributed by atoms with E-state index in [-0.39, 0.29) is 19.5 Å². The number of benzene rings is 1. The van der Waals surface area contributed by atoms with Gasteiger partial charge in [0.05, 0.1) is 18.2 Å². The molecule has 0 saturated heterocycles. The number of hydrogen-bond donors (Lipinski definition) is 1. The highest BCUT2D eigenvalue weighted by molar-refractivity contribution is 7.14. The van der Waals surface area contributed by atoms with E-state index in [2.05, 4.69) is 4.98 Å². The number of nitriles is 1. The SMILES string of the molecule is N#CCN(CCC(=O)O)c1nc(-c2ccccc2)cs1. The molecular weight excluding hydrogens is 274 g/mol. The molecule has 0 spiro atoms. The normalized spacial score (nSPS) is 9.95. The van der Waals surface area contributed by atoms with Gasteiger partial charge in [-0.05, 0) is 0 Å². The highest BCUT2D eigenvalue weighted by atomic mass is 32.1. The largest absolute Gasteiger partial charge is 0.481 e. The van der Waals surface area contributed by atoms with Crippen molar-refractivity contribution in [3.63, 3.8) is 0 Å². The number of thiazole rings is 1. The summed E-state index contributed by atoms with van der Waals surface area (Å²) < 4.78 is 0. The minimum atomic E-state index is -0.882. The van der Waals surface area contributed by atoms with Crippen LogP contribution in [0, 0.1) is 11.3 Å². The number of hydrogen-bond acceptors (Lipinski definition) is 5. The van der Waals surface area contributed by atoms with E-state index in [4.69, 9.17) is 10.4 Å². The van der Waals surface area contributed by atoms with Crippen LogP contribution in [0.5, 0.6) is 0 Å². The summed E-state index contributed by atoms with van der Waals surface area (Å²) in [7, 11) is 0. The average molecular weight is 287 g/mol. The molecule has 0 amide bonds. The number of carbonyl (C=O) groups is 1. The van der Waals surface area contributed by atoms with Crippen molar-refractivity contribution in [3.8, 4) is 17.3 Å². The Labute approximate surface area is 120 Å². The van der Waals surface area contributed by atoms with Gasteiger partial charge < -0.3 is 10.0 Å². The summed E-state index contributed by atoms with van der Waals surface area (Å²) in [4.78, 5) is 16.8. The number of anilines is 1. The Bertz CT molecular complexity index is 619. The molecule has 1 aromatic carbocycles. The maximum absolute atomic E-state index is 10.6. The summed E-state index contributed by atoms with van der Waals surface area (Å²) in [5.41, 5.74) is 1.84. The topological polar surface area (TPSA) is 77.2 Å². The van der Waals surface area contributed by atoms with Crippen LogP contribution in [0.15, 0.2) is 35.7 Å². The zero-order chi connectivity index (χ0) is 14.4.